The molecule has 0 aliphatic rings. The van der Waals surface area contributed by atoms with Gasteiger partial charge < -0.3 is 15.5 Å². The van der Waals surface area contributed by atoms with Gasteiger partial charge in [0.25, 0.3) is 0 Å². The van der Waals surface area contributed by atoms with E-state index in [1.165, 1.54) is 11.0 Å². The molecular weight excluding hydrogens is 342 g/mol. The van der Waals surface area contributed by atoms with Crippen LogP contribution in [0.2, 0.25) is 0 Å². The van der Waals surface area contributed by atoms with E-state index in [1.807, 2.05) is 30.3 Å². The van der Waals surface area contributed by atoms with E-state index in [0.717, 1.165) is 11.1 Å². The first kappa shape index (κ1) is 19.9. The van der Waals surface area contributed by atoms with Crippen molar-refractivity contribution in [1.29, 1.82) is 0 Å². The predicted octanol–water partition coefficient (Wildman–Crippen LogP) is 2.13. The van der Waals surface area contributed by atoms with Crippen LogP contribution in [0.25, 0.3) is 0 Å². The third-order valence-electron chi connectivity index (χ3n) is 3.90. The highest BCUT2D eigenvalue weighted by Crippen LogP contribution is 2.11. The third kappa shape index (κ3) is 6.78. The van der Waals surface area contributed by atoms with Gasteiger partial charge in [0.2, 0.25) is 17.7 Å². The number of hydrogen-bond acceptors (Lipinski definition) is 3. The van der Waals surface area contributed by atoms with Gasteiger partial charge in [0.1, 0.15) is 0 Å². The maximum atomic E-state index is 12.3. The molecular formula is C21H23N3O3. The van der Waals surface area contributed by atoms with Crippen molar-refractivity contribution in [3.05, 3.63) is 78.4 Å². The Bertz CT molecular complexity index is 801. The van der Waals surface area contributed by atoms with Gasteiger partial charge in [-0.05, 0) is 29.3 Å². The zero-order chi connectivity index (χ0) is 19.6. The second kappa shape index (κ2) is 9.91. The molecule has 2 rings (SSSR count). The van der Waals surface area contributed by atoms with E-state index in [9.17, 15) is 14.4 Å². The summed E-state index contributed by atoms with van der Waals surface area (Å²) in [6.07, 6.45) is 1.37. The van der Waals surface area contributed by atoms with Gasteiger partial charge in [-0.25, -0.2) is 0 Å². The average molecular weight is 365 g/mol. The molecule has 0 heterocycles. The molecule has 0 fully saturated rings. The summed E-state index contributed by atoms with van der Waals surface area (Å²) in [5.74, 6) is -0.662. The second-order valence-corrected chi connectivity index (χ2v) is 6.08. The van der Waals surface area contributed by atoms with Crippen LogP contribution in [0.3, 0.4) is 0 Å². The molecule has 0 spiro atoms. The van der Waals surface area contributed by atoms with E-state index in [0.29, 0.717) is 12.2 Å². The normalized spacial score (nSPS) is 9.96. The van der Waals surface area contributed by atoms with Crippen LogP contribution in [0.5, 0.6) is 0 Å². The summed E-state index contributed by atoms with van der Waals surface area (Å²) in [6, 6.07) is 16.5. The van der Waals surface area contributed by atoms with Gasteiger partial charge in [-0.3, -0.25) is 14.4 Å². The van der Waals surface area contributed by atoms with Crippen molar-refractivity contribution in [1.82, 2.24) is 10.2 Å². The van der Waals surface area contributed by atoms with Crippen molar-refractivity contribution in [2.24, 2.45) is 0 Å². The number of benzene rings is 2. The summed E-state index contributed by atoms with van der Waals surface area (Å²) in [5, 5.41) is 5.44. The lowest BCUT2D eigenvalue weighted by atomic mass is 10.1. The second-order valence-electron chi connectivity index (χ2n) is 6.08. The molecule has 0 unspecified atom stereocenters. The predicted molar refractivity (Wildman–Crippen MR) is 105 cm³/mol. The Hall–Kier alpha value is -3.41. The third-order valence-corrected chi connectivity index (χ3v) is 3.90. The van der Waals surface area contributed by atoms with E-state index in [-0.39, 0.29) is 30.7 Å². The SMILES string of the molecule is C=CC(=O)Nc1ccc(CC(=O)N(C)CC(=O)NCc2ccccc2)cc1. The minimum atomic E-state index is -0.292. The van der Waals surface area contributed by atoms with Gasteiger partial charge in [0.05, 0.1) is 13.0 Å². The number of nitrogens with zero attached hydrogens (tertiary/aromatic N) is 1. The van der Waals surface area contributed by atoms with Crippen LogP contribution in [0.4, 0.5) is 5.69 Å². The maximum absolute atomic E-state index is 12.3. The zero-order valence-corrected chi connectivity index (χ0v) is 15.3. The number of hydrogen-bond donors (Lipinski definition) is 2. The smallest absolute Gasteiger partial charge is 0.247 e. The van der Waals surface area contributed by atoms with Crippen molar-refractivity contribution in [2.75, 3.05) is 18.9 Å². The lowest BCUT2D eigenvalue weighted by molar-refractivity contribution is -0.134. The van der Waals surface area contributed by atoms with Crippen LogP contribution in [0.1, 0.15) is 11.1 Å². The fourth-order valence-electron chi connectivity index (χ4n) is 2.36. The molecule has 0 atom stereocenters. The van der Waals surface area contributed by atoms with E-state index < -0.39 is 0 Å². The van der Waals surface area contributed by atoms with Gasteiger partial charge in [-0.2, -0.15) is 0 Å². The molecule has 0 bridgehead atoms. The topological polar surface area (TPSA) is 78.5 Å². The van der Waals surface area contributed by atoms with Crippen LogP contribution >= 0.6 is 0 Å². The summed E-state index contributed by atoms with van der Waals surface area (Å²) in [7, 11) is 1.60. The molecule has 2 aromatic carbocycles. The molecule has 27 heavy (non-hydrogen) atoms. The fourth-order valence-corrected chi connectivity index (χ4v) is 2.36. The highest BCUT2D eigenvalue weighted by Gasteiger charge is 2.13. The summed E-state index contributed by atoms with van der Waals surface area (Å²) < 4.78 is 0. The van der Waals surface area contributed by atoms with Crippen LogP contribution in [0.15, 0.2) is 67.3 Å². The Labute approximate surface area is 158 Å². The van der Waals surface area contributed by atoms with Crippen molar-refractivity contribution in [2.45, 2.75) is 13.0 Å². The maximum Gasteiger partial charge on any atom is 0.247 e. The summed E-state index contributed by atoms with van der Waals surface area (Å²) in [6.45, 7) is 3.82. The minimum absolute atomic E-state index is 0.000851. The van der Waals surface area contributed by atoms with Crippen molar-refractivity contribution in [3.8, 4) is 0 Å². The molecule has 0 saturated carbocycles. The molecule has 0 aromatic heterocycles. The van der Waals surface area contributed by atoms with Crippen LogP contribution < -0.4 is 10.6 Å². The molecule has 0 aliphatic heterocycles. The van der Waals surface area contributed by atoms with Gasteiger partial charge in [0.15, 0.2) is 0 Å². The first-order valence-corrected chi connectivity index (χ1v) is 8.55. The number of carbonyl (C=O) groups is 3. The van der Waals surface area contributed by atoms with E-state index in [1.54, 1.807) is 31.3 Å². The van der Waals surface area contributed by atoms with Crippen molar-refractivity contribution < 1.29 is 14.4 Å². The molecule has 0 aliphatic carbocycles. The number of likely N-dealkylation sites (N-methyl/N-ethyl adjacent to an activating group) is 1. The molecule has 2 aromatic rings. The van der Waals surface area contributed by atoms with Crippen molar-refractivity contribution in [3.63, 3.8) is 0 Å². The van der Waals surface area contributed by atoms with Gasteiger partial charge in [-0.15, -0.1) is 0 Å². The van der Waals surface area contributed by atoms with E-state index >= 15 is 0 Å². The van der Waals surface area contributed by atoms with E-state index in [2.05, 4.69) is 17.2 Å². The molecule has 6 heteroatoms. The quantitative estimate of drug-likeness (QED) is 0.704. The van der Waals surface area contributed by atoms with Gasteiger partial charge >= 0.3 is 0 Å². The number of rotatable bonds is 8. The average Bonchev–Trinajstić information content (AvgIpc) is 2.68. The van der Waals surface area contributed by atoms with Gasteiger partial charge in [0, 0.05) is 19.3 Å². The molecule has 0 radical (unpaired) electrons. The Morgan fingerprint density at radius 3 is 2.30 bits per heavy atom. The Kier molecular flexibility index (Phi) is 7.31. The number of amides is 3. The largest absolute Gasteiger partial charge is 0.350 e. The highest BCUT2D eigenvalue weighted by molar-refractivity contribution is 5.98. The molecule has 2 N–H and O–H groups in total. The molecule has 3 amide bonds. The number of anilines is 1. The van der Waals surface area contributed by atoms with Crippen LogP contribution in [-0.2, 0) is 27.3 Å². The Morgan fingerprint density at radius 2 is 1.67 bits per heavy atom. The number of carbonyl (C=O) groups excluding carboxylic acids is 3. The fraction of sp³-hybridized carbons (Fsp3) is 0.190. The standard InChI is InChI=1S/C21H23N3O3/c1-3-19(25)23-18-11-9-16(10-12-18)13-21(27)24(2)15-20(26)22-14-17-7-5-4-6-8-17/h3-12H,1,13-15H2,2H3,(H,22,26)(H,23,25). The summed E-state index contributed by atoms with van der Waals surface area (Å²) >= 11 is 0. The first-order chi connectivity index (χ1) is 13.0. The number of nitrogens with one attached hydrogen (secondary N) is 2. The van der Waals surface area contributed by atoms with E-state index in [4.69, 9.17) is 0 Å². The lowest BCUT2D eigenvalue weighted by Gasteiger charge is -2.17. The van der Waals surface area contributed by atoms with Crippen molar-refractivity contribution >= 4 is 23.4 Å². The molecule has 140 valence electrons. The zero-order valence-electron chi connectivity index (χ0n) is 15.3. The van der Waals surface area contributed by atoms with Gasteiger partial charge in [-0.1, -0.05) is 49.0 Å². The Morgan fingerprint density at radius 1 is 1.00 bits per heavy atom. The highest BCUT2D eigenvalue weighted by atomic mass is 16.2. The Balaban J connectivity index is 1.79. The first-order valence-electron chi connectivity index (χ1n) is 8.55. The summed E-state index contributed by atoms with van der Waals surface area (Å²) in [4.78, 5) is 36.9. The summed E-state index contributed by atoms with van der Waals surface area (Å²) in [5.41, 5.74) is 2.43. The molecule has 6 nitrogen and oxygen atoms in total. The van der Waals surface area contributed by atoms with Crippen LogP contribution in [-0.4, -0.2) is 36.2 Å². The monoisotopic (exact) mass is 365 g/mol. The van der Waals surface area contributed by atoms with Crippen LogP contribution in [0, 0.1) is 0 Å². The molecule has 0 saturated heterocycles. The lowest BCUT2D eigenvalue weighted by Crippen LogP contribution is -2.38. The minimum Gasteiger partial charge on any atom is -0.350 e.